The first-order valence-corrected chi connectivity index (χ1v) is 7.33. The predicted molar refractivity (Wildman–Crippen MR) is 74.4 cm³/mol. The molecule has 0 aliphatic carbocycles. The van der Waals surface area contributed by atoms with Crippen LogP contribution < -0.4 is 0 Å². The van der Waals surface area contributed by atoms with Crippen LogP contribution in [0.15, 0.2) is 29.4 Å². The quantitative estimate of drug-likeness (QED) is 0.854. The van der Waals surface area contributed by atoms with Crippen LogP contribution in [-0.4, -0.2) is 43.8 Å². The minimum absolute atomic E-state index is 0.146. The lowest BCUT2D eigenvalue weighted by atomic mass is 9.95. The second kappa shape index (κ2) is 6.07. The molecule has 0 N–H and O–H groups in total. The van der Waals surface area contributed by atoms with Gasteiger partial charge in [-0.05, 0) is 25.3 Å². The standard InChI is InChI=1S/C14H19N5O2/c1-2-12(19-7-3-6-16-19)14(20)18-8-4-11(5-9-18)13-15-10-21-17-13/h3,6-7,10-12H,2,4-5,8-9H2,1H3/t12-/m0/s1. The molecule has 1 aliphatic heterocycles. The monoisotopic (exact) mass is 289 g/mol. The Morgan fingerprint density at radius 1 is 1.48 bits per heavy atom. The van der Waals surface area contributed by atoms with Gasteiger partial charge in [-0.2, -0.15) is 10.1 Å². The summed E-state index contributed by atoms with van der Waals surface area (Å²) in [6.45, 7) is 3.47. The fourth-order valence-corrected chi connectivity index (χ4v) is 2.87. The molecule has 0 unspecified atom stereocenters. The van der Waals surface area contributed by atoms with Crippen LogP contribution in [0.3, 0.4) is 0 Å². The van der Waals surface area contributed by atoms with Crippen LogP contribution in [0.2, 0.25) is 0 Å². The summed E-state index contributed by atoms with van der Waals surface area (Å²) in [6.07, 6.45) is 7.40. The summed E-state index contributed by atoms with van der Waals surface area (Å²) in [5, 5.41) is 8.09. The normalized spacial score (nSPS) is 17.9. The van der Waals surface area contributed by atoms with Crippen molar-refractivity contribution in [3.63, 3.8) is 0 Å². The van der Waals surface area contributed by atoms with E-state index >= 15 is 0 Å². The number of piperidine rings is 1. The van der Waals surface area contributed by atoms with Crippen molar-refractivity contribution in [2.75, 3.05) is 13.1 Å². The van der Waals surface area contributed by atoms with E-state index in [0.717, 1.165) is 38.2 Å². The van der Waals surface area contributed by atoms with Gasteiger partial charge in [-0.3, -0.25) is 9.48 Å². The fraction of sp³-hybridized carbons (Fsp3) is 0.571. The molecule has 1 fully saturated rings. The van der Waals surface area contributed by atoms with E-state index in [1.165, 1.54) is 6.39 Å². The van der Waals surface area contributed by atoms with Crippen LogP contribution in [-0.2, 0) is 4.79 Å². The van der Waals surface area contributed by atoms with Gasteiger partial charge in [-0.1, -0.05) is 12.1 Å². The third-order valence-corrected chi connectivity index (χ3v) is 4.07. The summed E-state index contributed by atoms with van der Waals surface area (Å²) >= 11 is 0. The van der Waals surface area contributed by atoms with Crippen LogP contribution >= 0.6 is 0 Å². The average molecular weight is 289 g/mol. The van der Waals surface area contributed by atoms with E-state index < -0.39 is 0 Å². The third-order valence-electron chi connectivity index (χ3n) is 4.07. The maximum Gasteiger partial charge on any atom is 0.247 e. The molecule has 2 aromatic rings. The number of amides is 1. The number of hydrogen-bond donors (Lipinski definition) is 0. The molecule has 1 atom stereocenters. The van der Waals surface area contributed by atoms with Crippen molar-refractivity contribution < 1.29 is 9.32 Å². The summed E-state index contributed by atoms with van der Waals surface area (Å²) in [6, 6.07) is 1.64. The van der Waals surface area contributed by atoms with Gasteiger partial charge in [0.25, 0.3) is 0 Å². The highest BCUT2D eigenvalue weighted by Crippen LogP contribution is 2.27. The smallest absolute Gasteiger partial charge is 0.247 e. The van der Waals surface area contributed by atoms with Crippen molar-refractivity contribution in [3.8, 4) is 0 Å². The lowest BCUT2D eigenvalue weighted by molar-refractivity contribution is -0.136. The van der Waals surface area contributed by atoms with Crippen molar-refractivity contribution in [1.29, 1.82) is 0 Å². The highest BCUT2D eigenvalue weighted by atomic mass is 16.5. The molecule has 7 heteroatoms. The third kappa shape index (κ3) is 2.81. The van der Waals surface area contributed by atoms with Gasteiger partial charge in [0.15, 0.2) is 5.82 Å². The minimum atomic E-state index is -0.207. The predicted octanol–water partition coefficient (Wildman–Crippen LogP) is 1.62. The maximum atomic E-state index is 12.6. The molecule has 21 heavy (non-hydrogen) atoms. The van der Waals surface area contributed by atoms with Crippen LogP contribution in [0.1, 0.15) is 44.0 Å². The Bertz CT molecular complexity index is 558. The summed E-state index contributed by atoms with van der Waals surface area (Å²) in [5.74, 6) is 1.19. The van der Waals surface area contributed by atoms with E-state index in [1.807, 2.05) is 24.1 Å². The molecule has 112 valence electrons. The average Bonchev–Trinajstić information content (AvgIpc) is 3.22. The molecule has 0 spiro atoms. The number of hydrogen-bond acceptors (Lipinski definition) is 5. The number of carbonyl (C=O) groups is 1. The second-order valence-electron chi connectivity index (χ2n) is 5.30. The molecule has 0 aromatic carbocycles. The van der Waals surface area contributed by atoms with Gasteiger partial charge in [0, 0.05) is 31.4 Å². The van der Waals surface area contributed by atoms with Crippen molar-refractivity contribution in [2.45, 2.75) is 38.1 Å². The van der Waals surface area contributed by atoms with Crippen LogP contribution in [0.5, 0.6) is 0 Å². The zero-order chi connectivity index (χ0) is 14.7. The number of likely N-dealkylation sites (tertiary alicyclic amines) is 1. The van der Waals surface area contributed by atoms with Gasteiger partial charge in [0.1, 0.15) is 6.04 Å². The number of nitrogens with zero attached hydrogens (tertiary/aromatic N) is 5. The molecular formula is C14H19N5O2. The highest BCUT2D eigenvalue weighted by Gasteiger charge is 2.30. The Morgan fingerprint density at radius 2 is 2.29 bits per heavy atom. The molecule has 0 radical (unpaired) electrons. The zero-order valence-corrected chi connectivity index (χ0v) is 12.1. The maximum absolute atomic E-state index is 12.6. The van der Waals surface area contributed by atoms with E-state index in [-0.39, 0.29) is 17.9 Å². The minimum Gasteiger partial charge on any atom is -0.343 e. The first kappa shape index (κ1) is 13.8. The fourth-order valence-electron chi connectivity index (χ4n) is 2.87. The summed E-state index contributed by atoms with van der Waals surface area (Å²) in [5.41, 5.74) is 0. The largest absolute Gasteiger partial charge is 0.343 e. The van der Waals surface area contributed by atoms with Gasteiger partial charge >= 0.3 is 0 Å². The van der Waals surface area contributed by atoms with Crippen molar-refractivity contribution >= 4 is 5.91 Å². The Kier molecular flexibility index (Phi) is 3.98. The van der Waals surface area contributed by atoms with E-state index in [1.54, 1.807) is 10.9 Å². The Balaban J connectivity index is 1.62. The number of carbonyl (C=O) groups excluding carboxylic acids is 1. The van der Waals surface area contributed by atoms with Gasteiger partial charge in [-0.25, -0.2) is 0 Å². The summed E-state index contributed by atoms with van der Waals surface area (Å²) in [4.78, 5) is 18.7. The highest BCUT2D eigenvalue weighted by molar-refractivity contribution is 5.80. The number of aromatic nitrogens is 4. The van der Waals surface area contributed by atoms with Crippen LogP contribution in [0.25, 0.3) is 0 Å². The van der Waals surface area contributed by atoms with Gasteiger partial charge < -0.3 is 9.42 Å². The Morgan fingerprint density at radius 3 is 2.86 bits per heavy atom. The molecule has 1 amide bonds. The topological polar surface area (TPSA) is 77.0 Å². The molecule has 0 saturated carbocycles. The van der Waals surface area contributed by atoms with Crippen LogP contribution in [0, 0.1) is 0 Å². The lowest BCUT2D eigenvalue weighted by Crippen LogP contribution is -2.42. The van der Waals surface area contributed by atoms with E-state index in [4.69, 9.17) is 4.52 Å². The lowest BCUT2D eigenvalue weighted by Gasteiger charge is -2.33. The molecule has 2 aromatic heterocycles. The molecule has 7 nitrogen and oxygen atoms in total. The molecule has 1 saturated heterocycles. The Labute approximate surface area is 122 Å². The molecule has 3 rings (SSSR count). The molecule has 3 heterocycles. The van der Waals surface area contributed by atoms with E-state index in [9.17, 15) is 4.79 Å². The first-order valence-electron chi connectivity index (χ1n) is 7.33. The second-order valence-corrected chi connectivity index (χ2v) is 5.30. The summed E-state index contributed by atoms with van der Waals surface area (Å²) < 4.78 is 6.54. The van der Waals surface area contributed by atoms with Crippen molar-refractivity contribution in [1.82, 2.24) is 24.8 Å². The molecule has 1 aliphatic rings. The van der Waals surface area contributed by atoms with Crippen molar-refractivity contribution in [2.24, 2.45) is 0 Å². The van der Waals surface area contributed by atoms with Gasteiger partial charge in [0.05, 0.1) is 0 Å². The SMILES string of the molecule is CC[C@@H](C(=O)N1CCC(c2ncon2)CC1)n1cccn1. The Hall–Kier alpha value is -2.18. The van der Waals surface area contributed by atoms with E-state index in [0.29, 0.717) is 0 Å². The first-order chi connectivity index (χ1) is 10.3. The van der Waals surface area contributed by atoms with E-state index in [2.05, 4.69) is 15.2 Å². The van der Waals surface area contributed by atoms with Gasteiger partial charge in [-0.15, -0.1) is 0 Å². The number of rotatable bonds is 4. The zero-order valence-electron chi connectivity index (χ0n) is 12.1. The summed E-state index contributed by atoms with van der Waals surface area (Å²) in [7, 11) is 0. The molecule has 0 bridgehead atoms. The molecular weight excluding hydrogens is 270 g/mol. The van der Waals surface area contributed by atoms with Crippen LogP contribution in [0.4, 0.5) is 0 Å². The van der Waals surface area contributed by atoms with Crippen molar-refractivity contribution in [3.05, 3.63) is 30.7 Å². The van der Waals surface area contributed by atoms with Gasteiger partial charge in [0.2, 0.25) is 12.3 Å².